The maximum absolute atomic E-state index is 12.9. The monoisotopic (exact) mass is 341 g/mol. The minimum atomic E-state index is -0.349. The van der Waals surface area contributed by atoms with Crippen LogP contribution in [0.1, 0.15) is 60.1 Å². The number of carbonyl (C=O) groups is 1. The fourth-order valence-corrected chi connectivity index (χ4v) is 3.76. The van der Waals surface area contributed by atoms with Crippen molar-refractivity contribution < 1.29 is 14.3 Å². The molecule has 2 N–H and O–H groups in total. The molecule has 1 amide bonds. The van der Waals surface area contributed by atoms with Gasteiger partial charge in [-0.25, -0.2) is 0 Å². The van der Waals surface area contributed by atoms with Crippen molar-refractivity contribution >= 4 is 5.91 Å². The Morgan fingerprint density at radius 2 is 2.12 bits per heavy atom. The fraction of sp³-hybridized carbons (Fsp3) is 0.474. The van der Waals surface area contributed by atoms with E-state index in [1.165, 1.54) is 0 Å². The van der Waals surface area contributed by atoms with Crippen LogP contribution in [0, 0.1) is 0 Å². The molecule has 1 saturated carbocycles. The molecule has 1 aromatic heterocycles. The third kappa shape index (κ3) is 2.70. The molecule has 1 aliphatic carbocycles. The molecule has 25 heavy (non-hydrogen) atoms. The van der Waals surface area contributed by atoms with Crippen molar-refractivity contribution in [3.8, 4) is 5.75 Å². The summed E-state index contributed by atoms with van der Waals surface area (Å²) in [5.41, 5.74) is 3.04. The Labute approximate surface area is 146 Å². The molecule has 2 aliphatic rings. The number of carbonyl (C=O) groups excluding carboxylic acids is 1. The van der Waals surface area contributed by atoms with E-state index in [0.717, 1.165) is 35.4 Å². The van der Waals surface area contributed by atoms with E-state index in [1.54, 1.807) is 7.11 Å². The van der Waals surface area contributed by atoms with Gasteiger partial charge in [0.1, 0.15) is 5.75 Å². The van der Waals surface area contributed by atoms with Crippen LogP contribution in [-0.2, 0) is 16.7 Å². The maximum atomic E-state index is 12.9. The van der Waals surface area contributed by atoms with Crippen LogP contribution in [0.2, 0.25) is 0 Å². The maximum Gasteiger partial charge on any atom is 0.272 e. The highest BCUT2D eigenvalue weighted by Crippen LogP contribution is 2.49. The molecule has 0 bridgehead atoms. The summed E-state index contributed by atoms with van der Waals surface area (Å²) >= 11 is 0. The SMILES string of the molecule is COc1ccccc1C1(NC(=O)c2n[nH]c3c2C[C@H](C)O[C@@H]3C)CC1. The summed E-state index contributed by atoms with van der Waals surface area (Å²) in [4.78, 5) is 12.9. The van der Waals surface area contributed by atoms with Gasteiger partial charge >= 0.3 is 0 Å². The number of amides is 1. The molecule has 0 radical (unpaired) electrons. The second-order valence-electron chi connectivity index (χ2n) is 6.99. The third-order valence-electron chi connectivity index (χ3n) is 5.17. The van der Waals surface area contributed by atoms with E-state index in [-0.39, 0.29) is 23.7 Å². The minimum absolute atomic E-state index is 0.0723. The average Bonchev–Trinajstić information content (AvgIpc) is 3.24. The molecular formula is C19H23N3O3. The van der Waals surface area contributed by atoms with Gasteiger partial charge in [0.15, 0.2) is 5.69 Å². The van der Waals surface area contributed by atoms with E-state index >= 15 is 0 Å². The van der Waals surface area contributed by atoms with E-state index in [9.17, 15) is 4.79 Å². The molecule has 132 valence electrons. The number of aromatic nitrogens is 2. The summed E-state index contributed by atoms with van der Waals surface area (Å²) in [6, 6.07) is 7.86. The van der Waals surface area contributed by atoms with Crippen LogP contribution in [0.15, 0.2) is 24.3 Å². The molecule has 2 heterocycles. The first-order valence-electron chi connectivity index (χ1n) is 8.72. The Morgan fingerprint density at radius 1 is 1.36 bits per heavy atom. The molecule has 6 heteroatoms. The van der Waals surface area contributed by atoms with Crippen molar-refractivity contribution in [2.45, 2.75) is 50.9 Å². The predicted octanol–water partition coefficient (Wildman–Crippen LogP) is 2.86. The van der Waals surface area contributed by atoms with E-state index in [2.05, 4.69) is 15.5 Å². The van der Waals surface area contributed by atoms with Crippen LogP contribution in [0.4, 0.5) is 0 Å². The smallest absolute Gasteiger partial charge is 0.272 e. The van der Waals surface area contributed by atoms with Gasteiger partial charge in [-0.3, -0.25) is 9.89 Å². The molecule has 0 spiro atoms. The number of methoxy groups -OCH3 is 1. The quantitative estimate of drug-likeness (QED) is 0.896. The van der Waals surface area contributed by atoms with Crippen LogP contribution in [-0.4, -0.2) is 29.3 Å². The number of nitrogens with one attached hydrogen (secondary N) is 2. The van der Waals surface area contributed by atoms with E-state index in [4.69, 9.17) is 9.47 Å². The molecule has 1 aromatic carbocycles. The molecule has 1 fully saturated rings. The van der Waals surface area contributed by atoms with Crippen LogP contribution >= 0.6 is 0 Å². The van der Waals surface area contributed by atoms with Gasteiger partial charge in [0, 0.05) is 17.5 Å². The summed E-state index contributed by atoms with van der Waals surface area (Å²) in [7, 11) is 1.66. The Kier molecular flexibility index (Phi) is 3.80. The van der Waals surface area contributed by atoms with Crippen LogP contribution in [0.5, 0.6) is 5.75 Å². The number of para-hydroxylation sites is 1. The largest absolute Gasteiger partial charge is 0.496 e. The molecular weight excluding hydrogens is 318 g/mol. The van der Waals surface area contributed by atoms with Crippen molar-refractivity contribution in [3.63, 3.8) is 0 Å². The van der Waals surface area contributed by atoms with Crippen molar-refractivity contribution in [2.24, 2.45) is 0 Å². The lowest BCUT2D eigenvalue weighted by atomic mass is 9.98. The van der Waals surface area contributed by atoms with Crippen molar-refractivity contribution in [1.82, 2.24) is 15.5 Å². The predicted molar refractivity (Wildman–Crippen MR) is 92.6 cm³/mol. The topological polar surface area (TPSA) is 76.2 Å². The summed E-state index contributed by atoms with van der Waals surface area (Å²) in [5.74, 6) is 0.669. The number of benzene rings is 1. The molecule has 6 nitrogen and oxygen atoms in total. The van der Waals surface area contributed by atoms with Crippen LogP contribution in [0.25, 0.3) is 0 Å². The van der Waals surface area contributed by atoms with Crippen LogP contribution in [0.3, 0.4) is 0 Å². The number of rotatable bonds is 4. The lowest BCUT2D eigenvalue weighted by Crippen LogP contribution is -2.36. The van der Waals surface area contributed by atoms with Gasteiger partial charge in [0.05, 0.1) is 30.6 Å². The highest BCUT2D eigenvalue weighted by molar-refractivity contribution is 5.95. The molecule has 2 atom stereocenters. The van der Waals surface area contributed by atoms with Gasteiger partial charge in [-0.1, -0.05) is 18.2 Å². The van der Waals surface area contributed by atoms with Gasteiger partial charge < -0.3 is 14.8 Å². The Morgan fingerprint density at radius 3 is 2.84 bits per heavy atom. The van der Waals surface area contributed by atoms with Crippen LogP contribution < -0.4 is 10.1 Å². The molecule has 1 aliphatic heterocycles. The van der Waals surface area contributed by atoms with Gasteiger partial charge in [0.2, 0.25) is 0 Å². The molecule has 0 unspecified atom stereocenters. The standard InChI is InChI=1S/C19H23N3O3/c1-11-10-13-16(12(2)25-11)21-22-17(13)18(23)20-19(8-9-19)14-6-4-5-7-15(14)24-3/h4-7,11-12H,8-10H2,1-3H3,(H,20,23)(H,21,22)/t11-,12+/m0/s1. The fourth-order valence-electron chi connectivity index (χ4n) is 3.76. The number of aromatic amines is 1. The van der Waals surface area contributed by atoms with E-state index < -0.39 is 0 Å². The normalized spacial score (nSPS) is 23.6. The lowest BCUT2D eigenvalue weighted by Gasteiger charge is -2.25. The number of hydrogen-bond donors (Lipinski definition) is 2. The van der Waals surface area contributed by atoms with Gasteiger partial charge in [-0.05, 0) is 32.8 Å². The first kappa shape index (κ1) is 16.1. The summed E-state index contributed by atoms with van der Waals surface area (Å²) in [5, 5.41) is 10.5. The zero-order valence-electron chi connectivity index (χ0n) is 14.8. The zero-order valence-corrected chi connectivity index (χ0v) is 14.8. The van der Waals surface area contributed by atoms with Gasteiger partial charge in [0.25, 0.3) is 5.91 Å². The van der Waals surface area contributed by atoms with Gasteiger partial charge in [-0.15, -0.1) is 0 Å². The third-order valence-corrected chi connectivity index (χ3v) is 5.17. The van der Waals surface area contributed by atoms with Gasteiger partial charge in [-0.2, -0.15) is 5.10 Å². The summed E-state index contributed by atoms with van der Waals surface area (Å²) in [6.45, 7) is 4.00. The summed E-state index contributed by atoms with van der Waals surface area (Å²) < 4.78 is 11.3. The highest BCUT2D eigenvalue weighted by atomic mass is 16.5. The second-order valence-corrected chi connectivity index (χ2v) is 6.99. The number of fused-ring (bicyclic) bond motifs is 1. The summed E-state index contributed by atoms with van der Waals surface area (Å²) in [6.07, 6.45) is 2.51. The Bertz CT molecular complexity index is 810. The van der Waals surface area contributed by atoms with E-state index in [0.29, 0.717) is 12.1 Å². The lowest BCUT2D eigenvalue weighted by molar-refractivity contribution is -0.00697. The van der Waals surface area contributed by atoms with Crippen molar-refractivity contribution in [2.75, 3.05) is 7.11 Å². The number of hydrogen-bond acceptors (Lipinski definition) is 4. The molecule has 4 rings (SSSR count). The molecule has 0 saturated heterocycles. The first-order valence-corrected chi connectivity index (χ1v) is 8.72. The minimum Gasteiger partial charge on any atom is -0.496 e. The number of H-pyrrole nitrogens is 1. The Hall–Kier alpha value is -2.34. The number of ether oxygens (including phenoxy) is 2. The highest BCUT2D eigenvalue weighted by Gasteiger charge is 2.48. The van der Waals surface area contributed by atoms with E-state index in [1.807, 2.05) is 38.1 Å². The van der Waals surface area contributed by atoms with Crippen molar-refractivity contribution in [3.05, 3.63) is 46.8 Å². The number of nitrogens with zero attached hydrogens (tertiary/aromatic N) is 1. The Balaban J connectivity index is 1.61. The molecule has 2 aromatic rings. The van der Waals surface area contributed by atoms with Crippen molar-refractivity contribution in [1.29, 1.82) is 0 Å². The zero-order chi connectivity index (χ0) is 17.6. The first-order chi connectivity index (χ1) is 12.0. The average molecular weight is 341 g/mol. The second kappa shape index (κ2) is 5.88.